The molecule has 0 aliphatic heterocycles. The fourth-order valence-electron chi connectivity index (χ4n) is 1.23. The summed E-state index contributed by atoms with van der Waals surface area (Å²) in [5, 5.41) is 7.79. The van der Waals surface area contributed by atoms with Crippen LogP contribution in [0.25, 0.3) is 0 Å². The lowest BCUT2D eigenvalue weighted by Gasteiger charge is -1.96. The van der Waals surface area contributed by atoms with Crippen LogP contribution in [-0.4, -0.2) is 20.2 Å². The SMILES string of the molecule is Nc1ncc(CCc2cccnn2)[nH]1. The van der Waals surface area contributed by atoms with Crippen LogP contribution in [0.5, 0.6) is 0 Å². The van der Waals surface area contributed by atoms with Crippen molar-refractivity contribution in [2.45, 2.75) is 12.8 Å². The van der Waals surface area contributed by atoms with Crippen molar-refractivity contribution < 1.29 is 0 Å². The molecule has 0 radical (unpaired) electrons. The molecule has 0 atom stereocenters. The van der Waals surface area contributed by atoms with Gasteiger partial charge in [-0.1, -0.05) is 0 Å². The molecule has 2 heterocycles. The third-order valence-corrected chi connectivity index (χ3v) is 1.93. The molecule has 5 nitrogen and oxygen atoms in total. The fourth-order valence-corrected chi connectivity index (χ4v) is 1.23. The molecule has 0 amide bonds. The predicted molar refractivity (Wildman–Crippen MR) is 52.4 cm³/mol. The van der Waals surface area contributed by atoms with Crippen molar-refractivity contribution in [2.75, 3.05) is 5.73 Å². The van der Waals surface area contributed by atoms with Gasteiger partial charge in [-0.2, -0.15) is 10.2 Å². The van der Waals surface area contributed by atoms with Gasteiger partial charge in [0.25, 0.3) is 0 Å². The third-order valence-electron chi connectivity index (χ3n) is 1.93. The molecule has 2 aromatic rings. The maximum absolute atomic E-state index is 5.45. The molecule has 14 heavy (non-hydrogen) atoms. The summed E-state index contributed by atoms with van der Waals surface area (Å²) in [6.45, 7) is 0. The largest absolute Gasteiger partial charge is 0.369 e. The van der Waals surface area contributed by atoms with Crippen molar-refractivity contribution in [3.63, 3.8) is 0 Å². The highest BCUT2D eigenvalue weighted by molar-refractivity contribution is 5.19. The van der Waals surface area contributed by atoms with Crippen LogP contribution in [0.3, 0.4) is 0 Å². The number of aromatic amines is 1. The average molecular weight is 189 g/mol. The van der Waals surface area contributed by atoms with Crippen molar-refractivity contribution in [1.82, 2.24) is 20.2 Å². The van der Waals surface area contributed by atoms with Gasteiger partial charge in [0, 0.05) is 11.9 Å². The normalized spacial score (nSPS) is 10.3. The number of hydrogen-bond donors (Lipinski definition) is 2. The Bertz CT molecular complexity index is 395. The lowest BCUT2D eigenvalue weighted by atomic mass is 10.2. The van der Waals surface area contributed by atoms with E-state index in [2.05, 4.69) is 20.2 Å². The number of nitrogens with one attached hydrogen (secondary N) is 1. The molecule has 2 rings (SSSR count). The minimum atomic E-state index is 0.458. The quantitative estimate of drug-likeness (QED) is 0.739. The van der Waals surface area contributed by atoms with E-state index in [1.165, 1.54) is 0 Å². The number of aromatic nitrogens is 4. The van der Waals surface area contributed by atoms with Gasteiger partial charge in [-0.15, -0.1) is 0 Å². The Morgan fingerprint density at radius 1 is 1.36 bits per heavy atom. The van der Waals surface area contributed by atoms with Gasteiger partial charge in [-0.3, -0.25) is 0 Å². The van der Waals surface area contributed by atoms with Crippen LogP contribution in [0, 0.1) is 0 Å². The summed E-state index contributed by atoms with van der Waals surface area (Å²) in [5.74, 6) is 0.458. The molecule has 0 fully saturated rings. The van der Waals surface area contributed by atoms with Gasteiger partial charge in [0.05, 0.1) is 11.9 Å². The molecule has 3 N–H and O–H groups in total. The van der Waals surface area contributed by atoms with E-state index >= 15 is 0 Å². The molecular formula is C9H11N5. The summed E-state index contributed by atoms with van der Waals surface area (Å²) in [6, 6.07) is 3.83. The van der Waals surface area contributed by atoms with E-state index < -0.39 is 0 Å². The Morgan fingerprint density at radius 3 is 2.93 bits per heavy atom. The van der Waals surface area contributed by atoms with E-state index in [1.807, 2.05) is 12.1 Å². The van der Waals surface area contributed by atoms with Gasteiger partial charge < -0.3 is 10.7 Å². The molecule has 72 valence electrons. The molecule has 0 saturated carbocycles. The summed E-state index contributed by atoms with van der Waals surface area (Å²) in [6.07, 6.45) is 5.10. The molecule has 0 bridgehead atoms. The van der Waals surface area contributed by atoms with Crippen molar-refractivity contribution in [2.24, 2.45) is 0 Å². The van der Waals surface area contributed by atoms with Gasteiger partial charge >= 0.3 is 0 Å². The third kappa shape index (κ3) is 2.07. The topological polar surface area (TPSA) is 80.5 Å². The summed E-state index contributed by atoms with van der Waals surface area (Å²) in [4.78, 5) is 6.88. The highest BCUT2D eigenvalue weighted by Crippen LogP contribution is 2.03. The van der Waals surface area contributed by atoms with E-state index in [9.17, 15) is 0 Å². The lowest BCUT2D eigenvalue weighted by Crippen LogP contribution is -1.96. The number of anilines is 1. The molecule has 0 spiro atoms. The zero-order valence-corrected chi connectivity index (χ0v) is 7.64. The summed E-state index contributed by atoms with van der Waals surface area (Å²) >= 11 is 0. The Morgan fingerprint density at radius 2 is 2.29 bits per heavy atom. The highest BCUT2D eigenvalue weighted by atomic mass is 15.1. The number of aryl methyl sites for hydroxylation is 2. The summed E-state index contributed by atoms with van der Waals surface area (Å²) in [5.41, 5.74) is 7.45. The van der Waals surface area contributed by atoms with Gasteiger partial charge in [0.1, 0.15) is 0 Å². The minimum absolute atomic E-state index is 0.458. The molecular weight excluding hydrogens is 178 g/mol. The number of nitrogens with zero attached hydrogens (tertiary/aromatic N) is 3. The van der Waals surface area contributed by atoms with Crippen LogP contribution in [0.4, 0.5) is 5.95 Å². The first-order valence-corrected chi connectivity index (χ1v) is 4.40. The van der Waals surface area contributed by atoms with E-state index in [4.69, 9.17) is 5.73 Å². The van der Waals surface area contributed by atoms with Crippen molar-refractivity contribution in [3.05, 3.63) is 35.9 Å². The van der Waals surface area contributed by atoms with Gasteiger partial charge in [-0.25, -0.2) is 4.98 Å². The zero-order chi connectivity index (χ0) is 9.80. The standard InChI is InChI=1S/C9H11N5/c10-9-11-6-8(13-9)4-3-7-2-1-5-12-14-7/h1-2,5-6H,3-4H2,(H3,10,11,13). The van der Waals surface area contributed by atoms with Crippen molar-refractivity contribution >= 4 is 5.95 Å². The monoisotopic (exact) mass is 189 g/mol. The molecule has 0 aliphatic rings. The Labute approximate surface area is 81.4 Å². The van der Waals surface area contributed by atoms with Crippen molar-refractivity contribution in [1.29, 1.82) is 0 Å². The maximum Gasteiger partial charge on any atom is 0.197 e. The predicted octanol–water partition coefficient (Wildman–Crippen LogP) is 0.567. The van der Waals surface area contributed by atoms with Crippen LogP contribution < -0.4 is 5.73 Å². The van der Waals surface area contributed by atoms with Crippen LogP contribution >= 0.6 is 0 Å². The number of rotatable bonds is 3. The number of H-pyrrole nitrogens is 1. The maximum atomic E-state index is 5.45. The first-order valence-electron chi connectivity index (χ1n) is 4.40. The second kappa shape index (κ2) is 3.87. The second-order valence-corrected chi connectivity index (χ2v) is 3.01. The van der Waals surface area contributed by atoms with Crippen LogP contribution in [0.1, 0.15) is 11.4 Å². The van der Waals surface area contributed by atoms with Gasteiger partial charge in [-0.05, 0) is 25.0 Å². The van der Waals surface area contributed by atoms with E-state index in [-0.39, 0.29) is 0 Å². The summed E-state index contributed by atoms with van der Waals surface area (Å²) < 4.78 is 0. The van der Waals surface area contributed by atoms with Crippen LogP contribution in [0.15, 0.2) is 24.5 Å². The average Bonchev–Trinajstić information content (AvgIpc) is 2.63. The van der Waals surface area contributed by atoms with Crippen LogP contribution in [-0.2, 0) is 12.8 Å². The first kappa shape index (κ1) is 8.68. The zero-order valence-electron chi connectivity index (χ0n) is 7.64. The summed E-state index contributed by atoms with van der Waals surface area (Å²) in [7, 11) is 0. The highest BCUT2D eigenvalue weighted by Gasteiger charge is 1.99. The van der Waals surface area contributed by atoms with E-state index in [1.54, 1.807) is 12.4 Å². The Kier molecular flexibility index (Phi) is 2.40. The van der Waals surface area contributed by atoms with E-state index in [0.29, 0.717) is 5.95 Å². The number of hydrogen-bond acceptors (Lipinski definition) is 4. The molecule has 0 unspecified atom stereocenters. The first-order chi connectivity index (χ1) is 6.84. The molecule has 0 aliphatic carbocycles. The molecule has 5 heteroatoms. The van der Waals surface area contributed by atoms with Crippen LogP contribution in [0.2, 0.25) is 0 Å². The smallest absolute Gasteiger partial charge is 0.197 e. The molecule has 0 aromatic carbocycles. The Balaban J connectivity index is 1.95. The van der Waals surface area contributed by atoms with E-state index in [0.717, 1.165) is 24.2 Å². The van der Waals surface area contributed by atoms with Gasteiger partial charge in [0.2, 0.25) is 0 Å². The number of nitrogens with two attached hydrogens (primary N) is 1. The number of nitrogen functional groups attached to an aromatic ring is 1. The molecule has 0 saturated heterocycles. The lowest BCUT2D eigenvalue weighted by molar-refractivity contribution is 0.845. The second-order valence-electron chi connectivity index (χ2n) is 3.01. The van der Waals surface area contributed by atoms with Crippen molar-refractivity contribution in [3.8, 4) is 0 Å². The molecule has 2 aromatic heterocycles. The van der Waals surface area contributed by atoms with Gasteiger partial charge in [0.15, 0.2) is 5.95 Å². The number of imidazole rings is 1. The fraction of sp³-hybridized carbons (Fsp3) is 0.222. The minimum Gasteiger partial charge on any atom is -0.369 e. The Hall–Kier alpha value is -1.91.